The number of aryl methyl sites for hydroxylation is 2. The Morgan fingerprint density at radius 2 is 2.28 bits per heavy atom. The Morgan fingerprint density at radius 1 is 1.40 bits per heavy atom. The number of fused-ring (bicyclic) bond motifs is 1. The Kier molecular flexibility index (Phi) is 3.91. The summed E-state index contributed by atoms with van der Waals surface area (Å²) in [6, 6.07) is 5.92. The van der Waals surface area contributed by atoms with Crippen molar-refractivity contribution >= 4 is 11.7 Å². The summed E-state index contributed by atoms with van der Waals surface area (Å²) in [5.74, 6) is 0. The van der Waals surface area contributed by atoms with Crippen LogP contribution in [0.25, 0.3) is 5.65 Å². The molecule has 0 saturated carbocycles. The van der Waals surface area contributed by atoms with Crippen LogP contribution in [-0.4, -0.2) is 37.1 Å². The van der Waals surface area contributed by atoms with E-state index in [0.29, 0.717) is 6.54 Å². The first kappa shape index (κ1) is 15.7. The number of rotatable bonds is 3. The number of carbonyl (C=O) groups is 1. The van der Waals surface area contributed by atoms with Gasteiger partial charge >= 0.3 is 6.03 Å². The molecule has 7 nitrogen and oxygen atoms in total. The van der Waals surface area contributed by atoms with Gasteiger partial charge in [-0.3, -0.25) is 5.10 Å². The van der Waals surface area contributed by atoms with Crippen molar-refractivity contribution in [3.05, 3.63) is 53.2 Å². The van der Waals surface area contributed by atoms with Crippen molar-refractivity contribution in [3.63, 3.8) is 0 Å². The zero-order chi connectivity index (χ0) is 17.4. The summed E-state index contributed by atoms with van der Waals surface area (Å²) < 4.78 is 1.96. The van der Waals surface area contributed by atoms with Crippen molar-refractivity contribution in [1.29, 1.82) is 0 Å². The molecule has 0 aromatic carbocycles. The molecule has 1 aliphatic rings. The number of likely N-dealkylation sites (tertiary alicyclic amines) is 1. The number of nitrogens with one attached hydrogen (secondary N) is 2. The zero-order valence-electron chi connectivity index (χ0n) is 14.5. The largest absolute Gasteiger partial charge is 0.332 e. The molecular formula is C18H22N6O. The molecule has 3 aromatic heterocycles. The van der Waals surface area contributed by atoms with Gasteiger partial charge in [0.25, 0.3) is 0 Å². The molecule has 3 aromatic rings. The van der Waals surface area contributed by atoms with E-state index in [9.17, 15) is 4.79 Å². The summed E-state index contributed by atoms with van der Waals surface area (Å²) in [6.45, 7) is 5.20. The Morgan fingerprint density at radius 3 is 3.04 bits per heavy atom. The highest BCUT2D eigenvalue weighted by atomic mass is 16.2. The van der Waals surface area contributed by atoms with Crippen LogP contribution in [0.2, 0.25) is 0 Å². The topological polar surface area (TPSA) is 78.3 Å². The molecule has 4 rings (SSSR count). The van der Waals surface area contributed by atoms with Gasteiger partial charge in [-0.1, -0.05) is 6.07 Å². The van der Waals surface area contributed by atoms with E-state index >= 15 is 0 Å². The number of hydrogen-bond donors (Lipinski definition) is 2. The molecule has 0 aliphatic carbocycles. The second-order valence-electron chi connectivity index (χ2n) is 6.56. The SMILES string of the molecule is Cc1n[nH]c(C)c1[C@H]1CCCN1C(=O)NCc1cn2ccccc2n1. The fraction of sp³-hybridized carbons (Fsp3) is 0.389. The van der Waals surface area contributed by atoms with Gasteiger partial charge in [-0.15, -0.1) is 0 Å². The molecule has 4 heterocycles. The second kappa shape index (κ2) is 6.23. The Bertz CT molecular complexity index is 859. The lowest BCUT2D eigenvalue weighted by atomic mass is 10.0. The van der Waals surface area contributed by atoms with E-state index < -0.39 is 0 Å². The highest BCUT2D eigenvalue weighted by Gasteiger charge is 2.32. The van der Waals surface area contributed by atoms with Crippen LogP contribution in [0.1, 0.15) is 41.5 Å². The third-order valence-corrected chi connectivity index (χ3v) is 4.87. The monoisotopic (exact) mass is 338 g/mol. The number of nitrogens with zero attached hydrogens (tertiary/aromatic N) is 4. The predicted octanol–water partition coefficient (Wildman–Crippen LogP) is 2.72. The number of amides is 2. The third kappa shape index (κ3) is 2.86. The molecule has 1 atom stereocenters. The van der Waals surface area contributed by atoms with E-state index in [1.54, 1.807) is 0 Å². The summed E-state index contributed by atoms with van der Waals surface area (Å²) in [5.41, 5.74) is 4.91. The van der Waals surface area contributed by atoms with Gasteiger partial charge in [-0.2, -0.15) is 5.10 Å². The van der Waals surface area contributed by atoms with E-state index in [2.05, 4.69) is 20.5 Å². The van der Waals surface area contributed by atoms with Crippen LogP contribution >= 0.6 is 0 Å². The summed E-state index contributed by atoms with van der Waals surface area (Å²) >= 11 is 0. The van der Waals surface area contributed by atoms with Crippen LogP contribution in [0.15, 0.2) is 30.6 Å². The van der Waals surface area contributed by atoms with Crippen molar-refractivity contribution in [1.82, 2.24) is 29.8 Å². The van der Waals surface area contributed by atoms with Gasteiger partial charge in [0.05, 0.1) is 24.0 Å². The number of H-pyrrole nitrogens is 1. The highest BCUT2D eigenvalue weighted by molar-refractivity contribution is 5.75. The van der Waals surface area contributed by atoms with Crippen LogP contribution in [0.4, 0.5) is 4.79 Å². The highest BCUT2D eigenvalue weighted by Crippen LogP contribution is 2.34. The van der Waals surface area contributed by atoms with E-state index in [1.165, 1.54) is 0 Å². The van der Waals surface area contributed by atoms with Crippen LogP contribution in [0.3, 0.4) is 0 Å². The minimum Gasteiger partial charge on any atom is -0.332 e. The van der Waals surface area contributed by atoms with Crippen LogP contribution in [0.5, 0.6) is 0 Å². The summed E-state index contributed by atoms with van der Waals surface area (Å²) in [5, 5.41) is 10.3. The fourth-order valence-corrected chi connectivity index (χ4v) is 3.70. The van der Waals surface area contributed by atoms with Crippen LogP contribution in [-0.2, 0) is 6.54 Å². The number of aromatic nitrogens is 4. The molecule has 7 heteroatoms. The fourth-order valence-electron chi connectivity index (χ4n) is 3.70. The number of aromatic amines is 1. The van der Waals surface area contributed by atoms with Gasteiger partial charge in [0.2, 0.25) is 0 Å². The molecule has 0 unspecified atom stereocenters. The predicted molar refractivity (Wildman–Crippen MR) is 94.2 cm³/mol. The molecule has 0 spiro atoms. The average Bonchev–Trinajstić information content (AvgIpc) is 3.31. The molecule has 25 heavy (non-hydrogen) atoms. The van der Waals surface area contributed by atoms with Crippen LogP contribution in [0, 0.1) is 13.8 Å². The molecule has 1 fully saturated rings. The first-order chi connectivity index (χ1) is 12.1. The maximum Gasteiger partial charge on any atom is 0.318 e. The van der Waals surface area contributed by atoms with Crippen molar-refractivity contribution in [2.75, 3.05) is 6.54 Å². The Balaban J connectivity index is 1.46. The third-order valence-electron chi connectivity index (χ3n) is 4.87. The molecule has 2 N–H and O–H groups in total. The minimum absolute atomic E-state index is 0.0421. The molecule has 130 valence electrons. The van der Waals surface area contributed by atoms with Gasteiger partial charge in [0.1, 0.15) is 5.65 Å². The lowest BCUT2D eigenvalue weighted by Gasteiger charge is -2.25. The second-order valence-corrected chi connectivity index (χ2v) is 6.56. The number of carbonyl (C=O) groups excluding carboxylic acids is 1. The standard InChI is InChI=1S/C18H22N6O/c1-12-17(13(2)22-21-12)15-6-5-9-24(15)18(25)19-10-14-11-23-8-4-3-7-16(23)20-14/h3-4,7-8,11,15H,5-6,9-10H2,1-2H3,(H,19,25)(H,21,22)/t15-/m1/s1. The molecule has 1 saturated heterocycles. The number of imidazole rings is 1. The van der Waals surface area contributed by atoms with Crippen molar-refractivity contribution in [2.45, 2.75) is 39.3 Å². The summed E-state index contributed by atoms with van der Waals surface area (Å²) in [6.07, 6.45) is 5.88. The van der Waals surface area contributed by atoms with Gasteiger partial charge < -0.3 is 14.6 Å². The van der Waals surface area contributed by atoms with Crippen LogP contribution < -0.4 is 5.32 Å². The first-order valence-electron chi connectivity index (χ1n) is 8.62. The first-order valence-corrected chi connectivity index (χ1v) is 8.62. The van der Waals surface area contributed by atoms with Gasteiger partial charge in [0, 0.05) is 30.2 Å². The number of pyridine rings is 1. The van der Waals surface area contributed by atoms with Crippen molar-refractivity contribution in [2.24, 2.45) is 0 Å². The lowest BCUT2D eigenvalue weighted by Crippen LogP contribution is -2.39. The molecule has 2 amide bonds. The summed E-state index contributed by atoms with van der Waals surface area (Å²) in [7, 11) is 0. The average molecular weight is 338 g/mol. The maximum absolute atomic E-state index is 12.7. The molecule has 1 aliphatic heterocycles. The number of urea groups is 1. The van der Waals surface area contributed by atoms with Gasteiger partial charge in [-0.25, -0.2) is 9.78 Å². The smallest absolute Gasteiger partial charge is 0.318 e. The Labute approximate surface area is 146 Å². The van der Waals surface area contributed by atoms with E-state index in [1.807, 2.05) is 53.7 Å². The minimum atomic E-state index is -0.0421. The van der Waals surface area contributed by atoms with Gasteiger partial charge in [-0.05, 0) is 38.8 Å². The lowest BCUT2D eigenvalue weighted by molar-refractivity contribution is 0.192. The Hall–Kier alpha value is -2.83. The van der Waals surface area contributed by atoms with E-state index in [-0.39, 0.29) is 12.1 Å². The van der Waals surface area contributed by atoms with Crippen molar-refractivity contribution in [3.8, 4) is 0 Å². The normalized spacial score (nSPS) is 17.4. The number of hydrogen-bond acceptors (Lipinski definition) is 3. The van der Waals surface area contributed by atoms with Crippen molar-refractivity contribution < 1.29 is 4.79 Å². The van der Waals surface area contributed by atoms with Gasteiger partial charge in [0.15, 0.2) is 0 Å². The van der Waals surface area contributed by atoms with E-state index in [0.717, 1.165) is 47.7 Å². The zero-order valence-corrected chi connectivity index (χ0v) is 14.5. The molecule has 0 radical (unpaired) electrons. The molecular weight excluding hydrogens is 316 g/mol. The molecule has 0 bridgehead atoms. The maximum atomic E-state index is 12.7. The quantitative estimate of drug-likeness (QED) is 0.771. The summed E-state index contributed by atoms with van der Waals surface area (Å²) in [4.78, 5) is 19.2. The van der Waals surface area contributed by atoms with E-state index in [4.69, 9.17) is 0 Å².